The first-order chi connectivity index (χ1) is 9.69. The van der Waals surface area contributed by atoms with E-state index in [2.05, 4.69) is 12.2 Å². The molecule has 108 valence electrons. The van der Waals surface area contributed by atoms with E-state index in [-0.39, 0.29) is 11.8 Å². The number of hydrogen-bond donors (Lipinski definition) is 1. The van der Waals surface area contributed by atoms with E-state index in [0.717, 1.165) is 24.1 Å². The number of para-hydroxylation sites is 1. The van der Waals surface area contributed by atoms with Crippen LogP contribution in [0, 0.1) is 0 Å². The number of carbonyl (C=O) groups excluding carboxylic acids is 2. The Kier molecular flexibility index (Phi) is 4.77. The molecule has 0 aliphatic carbocycles. The quantitative estimate of drug-likeness (QED) is 0.837. The van der Waals surface area contributed by atoms with E-state index in [1.165, 1.54) is 0 Å². The first kappa shape index (κ1) is 14.6. The van der Waals surface area contributed by atoms with Crippen molar-refractivity contribution in [1.29, 1.82) is 0 Å². The molecule has 1 atom stereocenters. The number of amides is 2. The fraction of sp³-hybridized carbons (Fsp3) is 0.500. The molecular formula is C16H22N2O2. The van der Waals surface area contributed by atoms with Gasteiger partial charge in [0.2, 0.25) is 11.8 Å². The molecule has 0 bridgehead atoms. The Bertz CT molecular complexity index is 499. The highest BCUT2D eigenvalue weighted by Gasteiger charge is 2.37. The van der Waals surface area contributed by atoms with E-state index >= 15 is 0 Å². The number of benzene rings is 1. The molecule has 0 unspecified atom stereocenters. The van der Waals surface area contributed by atoms with Gasteiger partial charge in [-0.25, -0.2) is 0 Å². The van der Waals surface area contributed by atoms with Gasteiger partial charge < -0.3 is 5.32 Å². The Labute approximate surface area is 120 Å². The molecule has 1 heterocycles. The molecule has 0 aromatic heterocycles. The standard InChI is InChI=1S/C16H22N2O2/c1-3-5-10-17-16(20)14-11-12-8-6-7-9-13(12)18(14)15(19)4-2/h6-9,14H,3-5,10-11H2,1-2H3,(H,17,20)/t14-/m1/s1. The molecule has 1 aliphatic rings. The Morgan fingerprint density at radius 1 is 1.30 bits per heavy atom. The topological polar surface area (TPSA) is 49.4 Å². The third-order valence-electron chi connectivity index (χ3n) is 3.68. The highest BCUT2D eigenvalue weighted by Crippen LogP contribution is 2.32. The molecule has 0 saturated heterocycles. The molecule has 2 rings (SSSR count). The maximum absolute atomic E-state index is 12.3. The van der Waals surface area contributed by atoms with Crippen LogP contribution in [0.25, 0.3) is 0 Å². The third-order valence-corrected chi connectivity index (χ3v) is 3.68. The molecule has 1 aliphatic heterocycles. The fourth-order valence-corrected chi connectivity index (χ4v) is 2.58. The zero-order valence-electron chi connectivity index (χ0n) is 12.2. The van der Waals surface area contributed by atoms with Crippen molar-refractivity contribution < 1.29 is 9.59 Å². The van der Waals surface area contributed by atoms with Gasteiger partial charge in [-0.2, -0.15) is 0 Å². The van der Waals surface area contributed by atoms with Crippen LogP contribution in [0.3, 0.4) is 0 Å². The zero-order valence-corrected chi connectivity index (χ0v) is 12.2. The van der Waals surface area contributed by atoms with E-state index in [1.54, 1.807) is 4.90 Å². The molecule has 1 aromatic carbocycles. The van der Waals surface area contributed by atoms with Gasteiger partial charge in [0, 0.05) is 25.1 Å². The average Bonchev–Trinajstić information content (AvgIpc) is 2.86. The Balaban J connectivity index is 2.17. The lowest BCUT2D eigenvalue weighted by molar-refractivity contribution is -0.126. The van der Waals surface area contributed by atoms with Crippen LogP contribution in [0.1, 0.15) is 38.7 Å². The van der Waals surface area contributed by atoms with Crippen LogP contribution in [0.5, 0.6) is 0 Å². The summed E-state index contributed by atoms with van der Waals surface area (Å²) in [4.78, 5) is 26.1. The number of rotatable bonds is 5. The van der Waals surface area contributed by atoms with Crippen molar-refractivity contribution in [1.82, 2.24) is 5.32 Å². The Morgan fingerprint density at radius 3 is 2.75 bits per heavy atom. The molecule has 20 heavy (non-hydrogen) atoms. The van der Waals surface area contributed by atoms with Gasteiger partial charge in [0.15, 0.2) is 0 Å². The summed E-state index contributed by atoms with van der Waals surface area (Å²) in [5.41, 5.74) is 1.96. The van der Waals surface area contributed by atoms with E-state index in [4.69, 9.17) is 0 Å². The molecule has 0 radical (unpaired) electrons. The van der Waals surface area contributed by atoms with Gasteiger partial charge >= 0.3 is 0 Å². The molecule has 1 aromatic rings. The van der Waals surface area contributed by atoms with E-state index in [0.29, 0.717) is 19.4 Å². The summed E-state index contributed by atoms with van der Waals surface area (Å²) in [5.74, 6) is -0.0398. The highest BCUT2D eigenvalue weighted by atomic mass is 16.2. The van der Waals surface area contributed by atoms with Crippen molar-refractivity contribution in [3.8, 4) is 0 Å². The maximum atomic E-state index is 12.3. The molecule has 0 spiro atoms. The van der Waals surface area contributed by atoms with Crippen LogP contribution < -0.4 is 10.2 Å². The first-order valence-electron chi connectivity index (χ1n) is 7.36. The SMILES string of the molecule is CCCCNC(=O)[C@H]1Cc2ccccc2N1C(=O)CC. The smallest absolute Gasteiger partial charge is 0.243 e. The average molecular weight is 274 g/mol. The predicted molar refractivity (Wildman–Crippen MR) is 79.6 cm³/mol. The molecule has 4 nitrogen and oxygen atoms in total. The van der Waals surface area contributed by atoms with Crippen molar-refractivity contribution in [2.75, 3.05) is 11.4 Å². The summed E-state index contributed by atoms with van der Waals surface area (Å²) in [6.07, 6.45) is 3.03. The number of fused-ring (bicyclic) bond motifs is 1. The van der Waals surface area contributed by atoms with Crippen LogP contribution >= 0.6 is 0 Å². The Hall–Kier alpha value is -1.84. The van der Waals surface area contributed by atoms with Crippen molar-refractivity contribution in [2.24, 2.45) is 0 Å². The number of nitrogens with one attached hydrogen (secondary N) is 1. The number of unbranched alkanes of at least 4 members (excludes halogenated alkanes) is 1. The van der Waals surface area contributed by atoms with Gasteiger partial charge in [-0.1, -0.05) is 38.5 Å². The number of carbonyl (C=O) groups is 2. The van der Waals surface area contributed by atoms with Crippen molar-refractivity contribution in [3.05, 3.63) is 29.8 Å². The van der Waals surface area contributed by atoms with Crippen molar-refractivity contribution >= 4 is 17.5 Å². The number of anilines is 1. The molecule has 4 heteroatoms. The second-order valence-corrected chi connectivity index (χ2v) is 5.11. The second kappa shape index (κ2) is 6.55. The third kappa shape index (κ3) is 2.84. The van der Waals surface area contributed by atoms with Gasteiger partial charge in [-0.05, 0) is 18.1 Å². The van der Waals surface area contributed by atoms with Gasteiger partial charge in [-0.3, -0.25) is 14.5 Å². The summed E-state index contributed by atoms with van der Waals surface area (Å²) in [6.45, 7) is 4.59. The van der Waals surface area contributed by atoms with Crippen molar-refractivity contribution in [3.63, 3.8) is 0 Å². The summed E-state index contributed by atoms with van der Waals surface area (Å²) in [5, 5.41) is 2.94. The van der Waals surface area contributed by atoms with Crippen LogP contribution in [-0.4, -0.2) is 24.4 Å². The summed E-state index contributed by atoms with van der Waals surface area (Å²) < 4.78 is 0. The highest BCUT2D eigenvalue weighted by molar-refractivity contribution is 6.03. The predicted octanol–water partition coefficient (Wildman–Crippen LogP) is 2.27. The summed E-state index contributed by atoms with van der Waals surface area (Å²) in [7, 11) is 0. The second-order valence-electron chi connectivity index (χ2n) is 5.11. The lowest BCUT2D eigenvalue weighted by Gasteiger charge is -2.24. The van der Waals surface area contributed by atoms with Crippen LogP contribution in [0.2, 0.25) is 0 Å². The minimum Gasteiger partial charge on any atom is -0.354 e. The van der Waals surface area contributed by atoms with Gasteiger partial charge in [0.25, 0.3) is 0 Å². The lowest BCUT2D eigenvalue weighted by atomic mass is 10.1. The van der Waals surface area contributed by atoms with E-state index in [1.807, 2.05) is 31.2 Å². The first-order valence-corrected chi connectivity index (χ1v) is 7.36. The zero-order chi connectivity index (χ0) is 14.5. The monoisotopic (exact) mass is 274 g/mol. The molecule has 0 saturated carbocycles. The largest absolute Gasteiger partial charge is 0.354 e. The summed E-state index contributed by atoms with van der Waals surface area (Å²) >= 11 is 0. The number of nitrogens with zero attached hydrogens (tertiary/aromatic N) is 1. The van der Waals surface area contributed by atoms with E-state index in [9.17, 15) is 9.59 Å². The van der Waals surface area contributed by atoms with Crippen LogP contribution in [0.4, 0.5) is 5.69 Å². The molecule has 2 amide bonds. The number of hydrogen-bond acceptors (Lipinski definition) is 2. The van der Waals surface area contributed by atoms with Gasteiger partial charge in [-0.15, -0.1) is 0 Å². The molecular weight excluding hydrogens is 252 g/mol. The van der Waals surface area contributed by atoms with Crippen LogP contribution in [0.15, 0.2) is 24.3 Å². The normalized spacial score (nSPS) is 16.9. The van der Waals surface area contributed by atoms with Gasteiger partial charge in [0.05, 0.1) is 0 Å². The Morgan fingerprint density at radius 2 is 2.05 bits per heavy atom. The molecule has 1 N–H and O–H groups in total. The minimum atomic E-state index is -0.392. The maximum Gasteiger partial charge on any atom is 0.243 e. The van der Waals surface area contributed by atoms with Crippen LogP contribution in [-0.2, 0) is 16.0 Å². The molecule has 0 fully saturated rings. The van der Waals surface area contributed by atoms with Gasteiger partial charge in [0.1, 0.15) is 6.04 Å². The summed E-state index contributed by atoms with van der Waals surface area (Å²) in [6, 6.07) is 7.38. The van der Waals surface area contributed by atoms with Crippen molar-refractivity contribution in [2.45, 2.75) is 45.6 Å². The lowest BCUT2D eigenvalue weighted by Crippen LogP contribution is -2.48. The van der Waals surface area contributed by atoms with E-state index < -0.39 is 6.04 Å². The fourth-order valence-electron chi connectivity index (χ4n) is 2.58. The minimum absolute atomic E-state index is 0.00518.